The van der Waals surface area contributed by atoms with Gasteiger partial charge in [-0.05, 0) is 50.5 Å². The maximum Gasteiger partial charge on any atom is 0.225 e. The van der Waals surface area contributed by atoms with Crippen molar-refractivity contribution < 1.29 is 9.53 Å². The number of hydrogen-bond donors (Lipinski definition) is 2. The van der Waals surface area contributed by atoms with Gasteiger partial charge in [-0.2, -0.15) is 0 Å². The molecule has 0 aromatic heterocycles. The Labute approximate surface area is 126 Å². The van der Waals surface area contributed by atoms with E-state index >= 15 is 0 Å². The number of amides is 1. The van der Waals surface area contributed by atoms with Gasteiger partial charge in [0.1, 0.15) is 0 Å². The fraction of sp³-hybridized carbons (Fsp3) is 0.938. The van der Waals surface area contributed by atoms with Gasteiger partial charge in [-0.1, -0.05) is 0 Å². The van der Waals surface area contributed by atoms with Crippen LogP contribution in [0.25, 0.3) is 0 Å². The minimum absolute atomic E-state index is 0.0480. The molecule has 21 heavy (non-hydrogen) atoms. The molecule has 4 rings (SSSR count). The molecule has 0 radical (unpaired) electrons. The van der Waals surface area contributed by atoms with Gasteiger partial charge in [0.15, 0.2) is 0 Å². The zero-order valence-corrected chi connectivity index (χ0v) is 12.7. The molecule has 5 heteroatoms. The Balaban J connectivity index is 1.28. The zero-order chi connectivity index (χ0) is 14.4. The largest absolute Gasteiger partial charge is 0.373 e. The molecule has 2 aliphatic heterocycles. The Kier molecular flexibility index (Phi) is 3.67. The summed E-state index contributed by atoms with van der Waals surface area (Å²) in [5.41, 5.74) is 6.24. The molecule has 2 saturated heterocycles. The summed E-state index contributed by atoms with van der Waals surface area (Å²) in [6, 6.07) is 0.704. The molecular weight excluding hydrogens is 266 g/mol. The first-order valence-electron chi connectivity index (χ1n) is 8.61. The molecule has 1 amide bonds. The number of morpholine rings is 1. The number of hydrogen-bond acceptors (Lipinski definition) is 4. The summed E-state index contributed by atoms with van der Waals surface area (Å²) < 4.78 is 5.91. The lowest BCUT2D eigenvalue weighted by molar-refractivity contribution is -0.128. The molecule has 6 atom stereocenters. The van der Waals surface area contributed by atoms with Crippen LogP contribution in [0.3, 0.4) is 0 Å². The predicted molar refractivity (Wildman–Crippen MR) is 79.6 cm³/mol. The molecule has 4 aliphatic rings. The Bertz CT molecular complexity index is 414. The predicted octanol–water partition coefficient (Wildman–Crippen LogP) is 0.339. The van der Waals surface area contributed by atoms with Crippen molar-refractivity contribution in [3.05, 3.63) is 0 Å². The highest BCUT2D eigenvalue weighted by Crippen LogP contribution is 2.47. The van der Waals surface area contributed by atoms with Crippen molar-refractivity contribution in [2.75, 3.05) is 26.2 Å². The van der Waals surface area contributed by atoms with E-state index in [4.69, 9.17) is 10.5 Å². The Morgan fingerprint density at radius 1 is 1.29 bits per heavy atom. The molecule has 2 aliphatic carbocycles. The highest BCUT2D eigenvalue weighted by atomic mass is 16.5. The molecule has 2 saturated carbocycles. The maximum atomic E-state index is 12.5. The summed E-state index contributed by atoms with van der Waals surface area (Å²) >= 11 is 0. The summed E-state index contributed by atoms with van der Waals surface area (Å²) in [5, 5.41) is 3.12. The molecule has 2 bridgehead atoms. The van der Waals surface area contributed by atoms with Crippen LogP contribution in [0.5, 0.6) is 0 Å². The monoisotopic (exact) mass is 293 g/mol. The van der Waals surface area contributed by atoms with E-state index in [0.717, 1.165) is 19.6 Å². The average molecular weight is 293 g/mol. The number of nitrogens with one attached hydrogen (secondary N) is 1. The van der Waals surface area contributed by atoms with Crippen LogP contribution in [0.15, 0.2) is 0 Å². The number of fused-ring (bicyclic) bond motifs is 3. The SMILES string of the molecule is NC1C2CCC(C2)C1C(=O)NCC1CN2CCCC2CO1. The van der Waals surface area contributed by atoms with Gasteiger partial charge >= 0.3 is 0 Å². The van der Waals surface area contributed by atoms with Gasteiger partial charge in [0, 0.05) is 25.2 Å². The first-order valence-corrected chi connectivity index (χ1v) is 8.61. The summed E-state index contributed by atoms with van der Waals surface area (Å²) in [7, 11) is 0. The third-order valence-electron chi connectivity index (χ3n) is 6.25. The molecular formula is C16H27N3O2. The van der Waals surface area contributed by atoms with E-state index in [-0.39, 0.29) is 24.0 Å². The van der Waals surface area contributed by atoms with Crippen LogP contribution in [0, 0.1) is 17.8 Å². The first kappa shape index (κ1) is 14.0. The summed E-state index contributed by atoms with van der Waals surface area (Å²) in [4.78, 5) is 15.0. The van der Waals surface area contributed by atoms with Crippen LogP contribution in [-0.4, -0.2) is 55.2 Å². The molecule has 0 spiro atoms. The van der Waals surface area contributed by atoms with Crippen LogP contribution in [0.4, 0.5) is 0 Å². The quantitative estimate of drug-likeness (QED) is 0.787. The molecule has 0 aromatic rings. The number of carbonyl (C=O) groups is 1. The standard InChI is InChI=1S/C16H27N3O2/c17-15-11-4-3-10(6-11)14(15)16(20)18-7-13-8-19-5-1-2-12(19)9-21-13/h10-15H,1-9,17H2,(H,18,20). The van der Waals surface area contributed by atoms with Crippen LogP contribution in [0.2, 0.25) is 0 Å². The average Bonchev–Trinajstić information content (AvgIpc) is 3.19. The van der Waals surface area contributed by atoms with Crippen molar-refractivity contribution in [1.82, 2.24) is 10.2 Å². The third kappa shape index (κ3) is 2.49. The van der Waals surface area contributed by atoms with E-state index in [1.54, 1.807) is 0 Å². The number of rotatable bonds is 3. The van der Waals surface area contributed by atoms with Crippen LogP contribution >= 0.6 is 0 Å². The molecule has 0 aromatic carbocycles. The molecule has 6 unspecified atom stereocenters. The fourth-order valence-electron chi connectivity index (χ4n) is 5.07. The third-order valence-corrected chi connectivity index (χ3v) is 6.25. The van der Waals surface area contributed by atoms with Crippen LogP contribution in [0.1, 0.15) is 32.1 Å². The smallest absolute Gasteiger partial charge is 0.225 e. The van der Waals surface area contributed by atoms with Crippen molar-refractivity contribution in [1.29, 1.82) is 0 Å². The van der Waals surface area contributed by atoms with Gasteiger partial charge < -0.3 is 15.8 Å². The van der Waals surface area contributed by atoms with Gasteiger partial charge in [0.05, 0.1) is 18.6 Å². The van der Waals surface area contributed by atoms with E-state index in [0.29, 0.717) is 24.4 Å². The van der Waals surface area contributed by atoms with E-state index in [1.807, 2.05) is 0 Å². The summed E-state index contributed by atoms with van der Waals surface area (Å²) in [6.45, 7) is 3.63. The Hall–Kier alpha value is -0.650. The van der Waals surface area contributed by atoms with E-state index in [9.17, 15) is 4.79 Å². The molecule has 3 N–H and O–H groups in total. The first-order chi connectivity index (χ1) is 10.2. The van der Waals surface area contributed by atoms with Crippen molar-refractivity contribution >= 4 is 5.91 Å². The van der Waals surface area contributed by atoms with Crippen molar-refractivity contribution in [2.45, 2.75) is 50.3 Å². The number of nitrogens with two attached hydrogens (primary N) is 1. The second-order valence-corrected chi connectivity index (χ2v) is 7.43. The minimum atomic E-state index is 0.0480. The lowest BCUT2D eigenvalue weighted by Crippen LogP contribution is -2.52. The highest BCUT2D eigenvalue weighted by molar-refractivity contribution is 5.80. The zero-order valence-electron chi connectivity index (χ0n) is 12.7. The molecule has 4 fully saturated rings. The lowest BCUT2D eigenvalue weighted by Gasteiger charge is -2.35. The lowest BCUT2D eigenvalue weighted by atomic mass is 9.84. The van der Waals surface area contributed by atoms with Crippen molar-refractivity contribution in [2.24, 2.45) is 23.5 Å². The fourth-order valence-corrected chi connectivity index (χ4v) is 5.07. The molecule has 5 nitrogen and oxygen atoms in total. The normalized spacial score (nSPS) is 45.8. The summed E-state index contributed by atoms with van der Waals surface area (Å²) in [5.74, 6) is 1.33. The van der Waals surface area contributed by atoms with Gasteiger partial charge in [-0.15, -0.1) is 0 Å². The molecule has 2 heterocycles. The van der Waals surface area contributed by atoms with E-state index < -0.39 is 0 Å². The topological polar surface area (TPSA) is 67.6 Å². The number of nitrogens with zero attached hydrogens (tertiary/aromatic N) is 1. The van der Waals surface area contributed by atoms with Crippen molar-refractivity contribution in [3.8, 4) is 0 Å². The number of ether oxygens (including phenoxy) is 1. The van der Waals surface area contributed by atoms with E-state index in [2.05, 4.69) is 10.2 Å². The second-order valence-electron chi connectivity index (χ2n) is 7.43. The van der Waals surface area contributed by atoms with Gasteiger partial charge in [0.2, 0.25) is 5.91 Å². The van der Waals surface area contributed by atoms with Crippen molar-refractivity contribution in [3.63, 3.8) is 0 Å². The Morgan fingerprint density at radius 3 is 2.95 bits per heavy atom. The number of carbonyl (C=O) groups excluding carboxylic acids is 1. The van der Waals surface area contributed by atoms with Gasteiger partial charge in [0.25, 0.3) is 0 Å². The van der Waals surface area contributed by atoms with E-state index in [1.165, 1.54) is 32.2 Å². The maximum absolute atomic E-state index is 12.5. The van der Waals surface area contributed by atoms with Crippen LogP contribution in [-0.2, 0) is 9.53 Å². The van der Waals surface area contributed by atoms with Gasteiger partial charge in [-0.3, -0.25) is 9.69 Å². The summed E-state index contributed by atoms with van der Waals surface area (Å²) in [6.07, 6.45) is 6.27. The molecule has 118 valence electrons. The Morgan fingerprint density at radius 2 is 2.14 bits per heavy atom. The second kappa shape index (κ2) is 5.52. The van der Waals surface area contributed by atoms with Gasteiger partial charge in [-0.25, -0.2) is 0 Å². The minimum Gasteiger partial charge on any atom is -0.373 e. The highest BCUT2D eigenvalue weighted by Gasteiger charge is 2.49. The van der Waals surface area contributed by atoms with Crippen LogP contribution < -0.4 is 11.1 Å².